The molecule has 0 saturated heterocycles. The second kappa shape index (κ2) is 12.0. The van der Waals surface area contributed by atoms with Gasteiger partial charge in [0.15, 0.2) is 11.5 Å². The van der Waals surface area contributed by atoms with Crippen LogP contribution in [0.3, 0.4) is 0 Å². The van der Waals surface area contributed by atoms with Crippen molar-refractivity contribution in [1.82, 2.24) is 20.7 Å². The Kier molecular flexibility index (Phi) is 8.42. The zero-order valence-corrected chi connectivity index (χ0v) is 21.6. The summed E-state index contributed by atoms with van der Waals surface area (Å²) in [5, 5.41) is 3.05. The number of nitrogens with two attached hydrogens (primary N) is 1. The minimum absolute atomic E-state index is 0.0556. The average molecular weight is 573 g/mol. The molecule has 4 aromatic rings. The monoisotopic (exact) mass is 572 g/mol. The van der Waals surface area contributed by atoms with Gasteiger partial charge in [-0.05, 0) is 30.3 Å². The maximum atomic E-state index is 14.5. The molecule has 0 radical (unpaired) electrons. The zero-order chi connectivity index (χ0) is 29.6. The first-order valence-electron chi connectivity index (χ1n) is 11.8. The van der Waals surface area contributed by atoms with E-state index in [-0.39, 0.29) is 22.3 Å². The Labute approximate surface area is 231 Å². The van der Waals surface area contributed by atoms with E-state index in [0.717, 1.165) is 23.5 Å². The third-order valence-corrected chi connectivity index (χ3v) is 5.64. The number of halogens is 4. The number of nitrogens with one attached hydrogen (secondary N) is 2. The Morgan fingerprint density at radius 1 is 0.976 bits per heavy atom. The highest BCUT2D eigenvalue weighted by atomic mass is 19.4. The molecule has 1 aliphatic heterocycles. The maximum absolute atomic E-state index is 14.5. The topological polar surface area (TPSA) is 124 Å². The fraction of sp³-hybridized carbons (Fsp3) is 0.148. The van der Waals surface area contributed by atoms with Gasteiger partial charge >= 0.3 is 12.2 Å². The van der Waals surface area contributed by atoms with Gasteiger partial charge in [-0.1, -0.05) is 36.4 Å². The summed E-state index contributed by atoms with van der Waals surface area (Å²) in [7, 11) is 2.75. The van der Waals surface area contributed by atoms with E-state index in [1.807, 2.05) is 36.4 Å². The van der Waals surface area contributed by atoms with E-state index in [2.05, 4.69) is 20.7 Å². The summed E-state index contributed by atoms with van der Waals surface area (Å²) in [6, 6.07) is 18.1. The first-order chi connectivity index (χ1) is 19.6. The van der Waals surface area contributed by atoms with Crippen molar-refractivity contribution in [3.63, 3.8) is 0 Å². The molecule has 0 bridgehead atoms. The van der Waals surface area contributed by atoms with Crippen molar-refractivity contribution in [2.24, 2.45) is 5.73 Å². The molecule has 1 aliphatic rings. The van der Waals surface area contributed by atoms with Gasteiger partial charge in [-0.25, -0.2) is 19.2 Å². The number of nitrogens with zero attached hydrogens (tertiary/aromatic N) is 3. The lowest BCUT2D eigenvalue weighted by Crippen LogP contribution is -2.61. The van der Waals surface area contributed by atoms with Gasteiger partial charge in [-0.3, -0.25) is 10.3 Å². The van der Waals surface area contributed by atoms with Crippen molar-refractivity contribution in [1.29, 1.82) is 0 Å². The summed E-state index contributed by atoms with van der Waals surface area (Å²) < 4.78 is 72.7. The summed E-state index contributed by atoms with van der Waals surface area (Å²) in [4.78, 5) is 19.4. The summed E-state index contributed by atoms with van der Waals surface area (Å²) in [6.07, 6.45) is -3.48. The SMILES string of the molecule is COc1cc2ncnc(OC3(C(F)(F)F)C=C(NC(N)=O)N(c4ccc(F)cc4)N3)c2cc1OC.c1ccccc1. The Morgan fingerprint density at radius 2 is 1.56 bits per heavy atom. The Hall–Kier alpha value is -5.11. The van der Waals surface area contributed by atoms with E-state index < -0.39 is 35.5 Å². The lowest BCUT2D eigenvalue weighted by Gasteiger charge is -2.33. The van der Waals surface area contributed by atoms with Crippen LogP contribution >= 0.6 is 0 Å². The average Bonchev–Trinajstić information content (AvgIpc) is 3.32. The van der Waals surface area contributed by atoms with Crippen LogP contribution < -0.4 is 35.7 Å². The van der Waals surface area contributed by atoms with Gasteiger partial charge in [-0.2, -0.15) is 18.6 Å². The second-order valence-corrected chi connectivity index (χ2v) is 8.34. The Morgan fingerprint density at radius 3 is 2.10 bits per heavy atom. The predicted molar refractivity (Wildman–Crippen MR) is 141 cm³/mol. The van der Waals surface area contributed by atoms with Gasteiger partial charge in [0.25, 0.3) is 5.72 Å². The molecule has 3 aromatic carbocycles. The molecule has 10 nitrogen and oxygen atoms in total. The second-order valence-electron chi connectivity index (χ2n) is 8.34. The van der Waals surface area contributed by atoms with Gasteiger partial charge in [0.05, 0.1) is 30.8 Å². The van der Waals surface area contributed by atoms with Crippen LogP contribution in [0.15, 0.2) is 91.0 Å². The molecule has 1 aromatic heterocycles. The molecule has 0 aliphatic carbocycles. The fourth-order valence-corrected chi connectivity index (χ4v) is 3.76. The summed E-state index contributed by atoms with van der Waals surface area (Å²) in [6.45, 7) is 0. The number of ether oxygens (including phenoxy) is 3. The number of amides is 2. The molecule has 14 heteroatoms. The molecule has 2 amide bonds. The standard InChI is InChI=1S/C21H18F4N6O4.C6H6/c1-33-15-7-13-14(8-16(15)34-2)27-10-28-18(13)35-20(21(23,24)25)9-17(29-19(26)32)31(30-20)12-5-3-11(22)4-6-12;1-2-4-6-5-3-1/h3-10,30H,1-2H3,(H3,26,29,32);1-6H. The lowest BCUT2D eigenvalue weighted by atomic mass is 10.2. The number of fused-ring (bicyclic) bond motifs is 1. The van der Waals surface area contributed by atoms with E-state index in [4.69, 9.17) is 19.9 Å². The molecular formula is C27H24F4N6O4. The third kappa shape index (κ3) is 6.38. The summed E-state index contributed by atoms with van der Waals surface area (Å²) in [5.74, 6) is -0.962. The molecular weight excluding hydrogens is 548 g/mol. The molecule has 0 fully saturated rings. The molecule has 1 atom stereocenters. The number of hydrogen-bond donors (Lipinski definition) is 3. The number of alkyl halides is 3. The van der Waals surface area contributed by atoms with Crippen LogP contribution in [0, 0.1) is 5.82 Å². The van der Waals surface area contributed by atoms with E-state index in [1.54, 1.807) is 0 Å². The first kappa shape index (κ1) is 28.9. The van der Waals surface area contributed by atoms with Crippen LogP contribution in [0.5, 0.6) is 17.4 Å². The molecule has 2 heterocycles. The predicted octanol–water partition coefficient (Wildman–Crippen LogP) is 4.64. The van der Waals surface area contributed by atoms with Crippen LogP contribution in [0.4, 0.5) is 28.0 Å². The Balaban J connectivity index is 0.000000572. The number of urea groups is 1. The summed E-state index contributed by atoms with van der Waals surface area (Å²) in [5.41, 5.74) is 4.39. The van der Waals surface area contributed by atoms with Crippen molar-refractivity contribution in [2.45, 2.75) is 11.9 Å². The van der Waals surface area contributed by atoms with Gasteiger partial charge in [0.2, 0.25) is 5.88 Å². The number of methoxy groups -OCH3 is 2. The number of anilines is 1. The van der Waals surface area contributed by atoms with Crippen molar-refractivity contribution < 1.29 is 36.6 Å². The maximum Gasteiger partial charge on any atom is 0.448 e. The highest BCUT2D eigenvalue weighted by Gasteiger charge is 2.61. The van der Waals surface area contributed by atoms with Crippen LogP contribution in [-0.2, 0) is 0 Å². The lowest BCUT2D eigenvalue weighted by molar-refractivity contribution is -0.238. The number of primary amides is 1. The molecule has 0 spiro atoms. The van der Waals surface area contributed by atoms with Crippen molar-refractivity contribution in [3.05, 3.63) is 96.8 Å². The van der Waals surface area contributed by atoms with Crippen molar-refractivity contribution in [2.75, 3.05) is 19.2 Å². The van der Waals surface area contributed by atoms with Gasteiger partial charge < -0.3 is 19.9 Å². The highest BCUT2D eigenvalue weighted by Crippen LogP contribution is 2.42. The number of rotatable bonds is 6. The first-order valence-corrected chi connectivity index (χ1v) is 11.8. The van der Waals surface area contributed by atoms with Gasteiger partial charge in [0.1, 0.15) is 18.0 Å². The largest absolute Gasteiger partial charge is 0.493 e. The number of aromatic nitrogens is 2. The third-order valence-electron chi connectivity index (χ3n) is 5.64. The normalized spacial score (nSPS) is 16.3. The van der Waals surface area contributed by atoms with E-state index >= 15 is 0 Å². The molecule has 4 N–H and O–H groups in total. The van der Waals surface area contributed by atoms with Gasteiger partial charge in [0, 0.05) is 12.1 Å². The van der Waals surface area contributed by atoms with Gasteiger partial charge in [-0.15, -0.1) is 0 Å². The number of hydrazine groups is 1. The van der Waals surface area contributed by atoms with Crippen LogP contribution in [0.1, 0.15) is 0 Å². The minimum Gasteiger partial charge on any atom is -0.493 e. The minimum atomic E-state index is -5.08. The number of hydrogen-bond acceptors (Lipinski definition) is 8. The van der Waals surface area contributed by atoms with Crippen LogP contribution in [0.25, 0.3) is 10.9 Å². The van der Waals surface area contributed by atoms with E-state index in [9.17, 15) is 22.4 Å². The van der Waals surface area contributed by atoms with Crippen LogP contribution in [0.2, 0.25) is 0 Å². The number of benzene rings is 3. The van der Waals surface area contributed by atoms with E-state index in [0.29, 0.717) is 11.8 Å². The molecule has 41 heavy (non-hydrogen) atoms. The molecule has 5 rings (SSSR count). The highest BCUT2D eigenvalue weighted by molar-refractivity contribution is 5.87. The van der Waals surface area contributed by atoms with Crippen molar-refractivity contribution >= 4 is 22.6 Å². The Bertz CT molecular complexity index is 1510. The molecule has 214 valence electrons. The zero-order valence-electron chi connectivity index (χ0n) is 21.6. The fourth-order valence-electron chi connectivity index (χ4n) is 3.76. The summed E-state index contributed by atoms with van der Waals surface area (Å²) >= 11 is 0. The van der Waals surface area contributed by atoms with Crippen LogP contribution in [-0.4, -0.2) is 42.1 Å². The quantitative estimate of drug-likeness (QED) is 0.286. The van der Waals surface area contributed by atoms with Crippen molar-refractivity contribution in [3.8, 4) is 17.4 Å². The molecule has 1 unspecified atom stereocenters. The number of carbonyl (C=O) groups excluding carboxylic acids is 1. The molecule has 0 saturated carbocycles. The number of carbonyl (C=O) groups is 1. The smallest absolute Gasteiger partial charge is 0.448 e. The van der Waals surface area contributed by atoms with E-state index in [1.165, 1.54) is 38.5 Å².